The van der Waals surface area contributed by atoms with Crippen LogP contribution in [0.3, 0.4) is 0 Å². The number of benzene rings is 1. The summed E-state index contributed by atoms with van der Waals surface area (Å²) in [6.45, 7) is 0.993. The molecule has 0 amide bonds. The molecule has 3 nitrogen and oxygen atoms in total. The third-order valence-electron chi connectivity index (χ3n) is 3.98. The minimum Gasteiger partial charge on any atom is -0.394 e. The van der Waals surface area contributed by atoms with E-state index in [9.17, 15) is 23.1 Å². The number of aliphatic hydroxyl groups excluding tert-OH is 1. The van der Waals surface area contributed by atoms with E-state index in [0.717, 1.165) is 38.7 Å². The van der Waals surface area contributed by atoms with Crippen LogP contribution in [0, 0.1) is 0 Å². The van der Waals surface area contributed by atoms with Gasteiger partial charge in [-0.2, -0.15) is 13.2 Å². The van der Waals surface area contributed by atoms with Crippen LogP contribution in [0.4, 0.5) is 18.9 Å². The number of halogens is 3. The summed E-state index contributed by atoms with van der Waals surface area (Å²) >= 11 is 0. The molecule has 0 radical (unpaired) electrons. The largest absolute Gasteiger partial charge is 0.417 e. The minimum absolute atomic E-state index is 0.122. The van der Waals surface area contributed by atoms with Gasteiger partial charge in [0.05, 0.1) is 17.7 Å². The van der Waals surface area contributed by atoms with Gasteiger partial charge in [0.15, 0.2) is 5.78 Å². The fourth-order valence-corrected chi connectivity index (χ4v) is 2.84. The van der Waals surface area contributed by atoms with E-state index in [-0.39, 0.29) is 17.9 Å². The Morgan fingerprint density at radius 1 is 1.33 bits per heavy atom. The van der Waals surface area contributed by atoms with Crippen molar-refractivity contribution < 1.29 is 23.1 Å². The molecule has 0 bridgehead atoms. The molecule has 0 saturated heterocycles. The van der Waals surface area contributed by atoms with Crippen molar-refractivity contribution in [3.8, 4) is 0 Å². The number of hydrogen-bond acceptors (Lipinski definition) is 3. The molecule has 6 heteroatoms. The summed E-state index contributed by atoms with van der Waals surface area (Å²) in [4.78, 5) is 11.3. The maximum Gasteiger partial charge on any atom is 0.417 e. The summed E-state index contributed by atoms with van der Waals surface area (Å²) in [6, 6.07) is 3.60. The third-order valence-corrected chi connectivity index (χ3v) is 3.98. The van der Waals surface area contributed by atoms with E-state index in [0.29, 0.717) is 0 Å². The Hall–Kier alpha value is -1.56. The number of anilines is 1. The molecule has 1 aliphatic rings. The molecule has 21 heavy (non-hydrogen) atoms. The van der Waals surface area contributed by atoms with Crippen LogP contribution < -0.4 is 5.32 Å². The Morgan fingerprint density at radius 2 is 1.95 bits per heavy atom. The summed E-state index contributed by atoms with van der Waals surface area (Å²) in [5.74, 6) is -0.619. The van der Waals surface area contributed by atoms with Crippen molar-refractivity contribution in [3.63, 3.8) is 0 Å². The maximum atomic E-state index is 13.1. The molecule has 1 fully saturated rings. The predicted molar refractivity (Wildman–Crippen MR) is 73.4 cm³/mol. The molecule has 0 atom stereocenters. The van der Waals surface area contributed by atoms with Crippen LogP contribution in [0.2, 0.25) is 0 Å². The number of ketones is 1. The highest BCUT2D eigenvalue weighted by atomic mass is 19.4. The van der Waals surface area contributed by atoms with Gasteiger partial charge in [0.2, 0.25) is 0 Å². The number of carbonyl (C=O) groups excluding carboxylic acids is 1. The molecule has 1 saturated carbocycles. The van der Waals surface area contributed by atoms with E-state index in [4.69, 9.17) is 0 Å². The highest BCUT2D eigenvalue weighted by Crippen LogP contribution is 2.37. The van der Waals surface area contributed by atoms with Crippen LogP contribution in [-0.4, -0.2) is 23.0 Å². The van der Waals surface area contributed by atoms with Gasteiger partial charge in [0.1, 0.15) is 0 Å². The summed E-state index contributed by atoms with van der Waals surface area (Å²) in [5.41, 5.74) is -1.55. The van der Waals surface area contributed by atoms with Gasteiger partial charge in [0.25, 0.3) is 0 Å². The summed E-state index contributed by atoms with van der Waals surface area (Å²) < 4.78 is 39.2. The smallest absolute Gasteiger partial charge is 0.394 e. The molecule has 0 aliphatic heterocycles. The second-order valence-electron chi connectivity index (χ2n) is 5.58. The lowest BCUT2D eigenvalue weighted by Crippen LogP contribution is -2.39. The fourth-order valence-electron chi connectivity index (χ4n) is 2.84. The van der Waals surface area contributed by atoms with E-state index in [1.807, 2.05) is 0 Å². The van der Waals surface area contributed by atoms with Gasteiger partial charge >= 0.3 is 6.18 Å². The van der Waals surface area contributed by atoms with Gasteiger partial charge < -0.3 is 10.4 Å². The third kappa shape index (κ3) is 3.37. The Morgan fingerprint density at radius 3 is 2.43 bits per heavy atom. The summed E-state index contributed by atoms with van der Waals surface area (Å²) in [5, 5.41) is 12.5. The first-order valence-corrected chi connectivity index (χ1v) is 6.89. The number of rotatable bonds is 4. The van der Waals surface area contributed by atoms with Crippen LogP contribution in [0.5, 0.6) is 0 Å². The second kappa shape index (κ2) is 5.67. The molecule has 2 N–H and O–H groups in total. The number of alkyl halides is 3. The van der Waals surface area contributed by atoms with Crippen LogP contribution in [-0.2, 0) is 6.18 Å². The molecular weight excluding hydrogens is 283 g/mol. The normalized spacial score (nSPS) is 17.8. The van der Waals surface area contributed by atoms with E-state index in [1.165, 1.54) is 12.1 Å². The van der Waals surface area contributed by atoms with Crippen molar-refractivity contribution in [3.05, 3.63) is 29.3 Å². The Labute approximate surface area is 121 Å². The van der Waals surface area contributed by atoms with Crippen molar-refractivity contribution in [2.45, 2.75) is 44.3 Å². The van der Waals surface area contributed by atoms with E-state index in [1.54, 1.807) is 0 Å². The van der Waals surface area contributed by atoms with E-state index in [2.05, 4.69) is 5.32 Å². The molecular formula is C15H18F3NO2. The molecule has 2 rings (SSSR count). The van der Waals surface area contributed by atoms with Crippen molar-refractivity contribution >= 4 is 11.5 Å². The van der Waals surface area contributed by atoms with Gasteiger partial charge in [-0.05, 0) is 38.0 Å². The molecule has 0 heterocycles. The lowest BCUT2D eigenvalue weighted by molar-refractivity contribution is -0.137. The number of aliphatic hydroxyl groups is 1. The van der Waals surface area contributed by atoms with Crippen molar-refractivity contribution in [1.82, 2.24) is 0 Å². The lowest BCUT2D eigenvalue weighted by atomic mass is 9.97. The molecule has 116 valence electrons. The lowest BCUT2D eigenvalue weighted by Gasteiger charge is -2.29. The zero-order valence-corrected chi connectivity index (χ0v) is 11.8. The quantitative estimate of drug-likeness (QED) is 0.835. The zero-order valence-electron chi connectivity index (χ0n) is 11.8. The predicted octanol–water partition coefficient (Wildman–Crippen LogP) is 3.63. The van der Waals surface area contributed by atoms with Crippen LogP contribution in [0.15, 0.2) is 18.2 Å². The molecule has 0 unspecified atom stereocenters. The van der Waals surface area contributed by atoms with Crippen LogP contribution in [0.1, 0.15) is 48.5 Å². The Balaban J connectivity index is 2.36. The van der Waals surface area contributed by atoms with Gasteiger partial charge in [-0.25, -0.2) is 0 Å². The van der Waals surface area contributed by atoms with Gasteiger partial charge in [-0.3, -0.25) is 4.79 Å². The molecule has 0 aromatic heterocycles. The molecule has 1 aromatic rings. The van der Waals surface area contributed by atoms with Crippen molar-refractivity contribution in [2.75, 3.05) is 11.9 Å². The standard InChI is InChI=1S/C15H18F3NO2/c1-10(21)12-5-4-11(8-13(12)15(16,17)18)19-14(9-20)6-2-3-7-14/h4-5,8,19-20H,2-3,6-7,9H2,1H3. The average Bonchev–Trinajstić information content (AvgIpc) is 2.86. The number of carbonyl (C=O) groups is 1. The molecule has 1 aliphatic carbocycles. The second-order valence-corrected chi connectivity index (χ2v) is 5.58. The molecule has 1 aromatic carbocycles. The number of hydrogen-bond donors (Lipinski definition) is 2. The summed E-state index contributed by atoms with van der Waals surface area (Å²) in [6.07, 6.45) is -1.27. The van der Waals surface area contributed by atoms with Crippen molar-refractivity contribution in [2.24, 2.45) is 0 Å². The highest BCUT2D eigenvalue weighted by Gasteiger charge is 2.36. The first-order valence-electron chi connectivity index (χ1n) is 6.89. The first kappa shape index (κ1) is 15.8. The zero-order chi connectivity index (χ0) is 15.7. The van der Waals surface area contributed by atoms with Gasteiger partial charge in [0, 0.05) is 11.3 Å². The van der Waals surface area contributed by atoms with Crippen LogP contribution >= 0.6 is 0 Å². The van der Waals surface area contributed by atoms with Gasteiger partial charge in [-0.15, -0.1) is 0 Å². The number of nitrogens with one attached hydrogen (secondary N) is 1. The molecule has 0 spiro atoms. The van der Waals surface area contributed by atoms with Gasteiger partial charge in [-0.1, -0.05) is 12.8 Å². The minimum atomic E-state index is -4.58. The summed E-state index contributed by atoms with van der Waals surface area (Å²) in [7, 11) is 0. The Bertz CT molecular complexity index is 534. The van der Waals surface area contributed by atoms with E-state index < -0.39 is 23.1 Å². The fraction of sp³-hybridized carbons (Fsp3) is 0.533. The maximum absolute atomic E-state index is 13.1. The SMILES string of the molecule is CC(=O)c1ccc(NC2(CO)CCCC2)cc1C(F)(F)F. The van der Waals surface area contributed by atoms with E-state index >= 15 is 0 Å². The first-order chi connectivity index (χ1) is 9.77. The number of Topliss-reactive ketones (excluding diaryl/α,β-unsaturated/α-hetero) is 1. The average molecular weight is 301 g/mol. The highest BCUT2D eigenvalue weighted by molar-refractivity contribution is 5.96. The van der Waals surface area contributed by atoms with Crippen molar-refractivity contribution in [1.29, 1.82) is 0 Å². The van der Waals surface area contributed by atoms with Crippen LogP contribution in [0.25, 0.3) is 0 Å². The monoisotopic (exact) mass is 301 g/mol. The Kier molecular flexibility index (Phi) is 4.27. The topological polar surface area (TPSA) is 49.3 Å².